The molecule has 0 bridgehead atoms. The van der Waals surface area contributed by atoms with Crippen molar-refractivity contribution >= 4 is 11.3 Å². The van der Waals surface area contributed by atoms with Crippen LogP contribution in [-0.4, -0.2) is 16.6 Å². The van der Waals surface area contributed by atoms with Crippen molar-refractivity contribution in [2.75, 3.05) is 6.54 Å². The molecule has 0 aliphatic heterocycles. The molecule has 0 radical (unpaired) electrons. The van der Waals surface area contributed by atoms with E-state index < -0.39 is 17.7 Å². The van der Waals surface area contributed by atoms with Gasteiger partial charge in [0, 0.05) is 17.6 Å². The summed E-state index contributed by atoms with van der Waals surface area (Å²) in [7, 11) is 0. The van der Waals surface area contributed by atoms with Gasteiger partial charge in [0.05, 0.1) is 12.1 Å². The number of halogens is 2. The molecular weight excluding hydrogens is 294 g/mol. The molecule has 0 saturated carbocycles. The fourth-order valence-corrected chi connectivity index (χ4v) is 2.78. The van der Waals surface area contributed by atoms with E-state index in [9.17, 15) is 13.9 Å². The molecule has 2 aromatic rings. The van der Waals surface area contributed by atoms with Crippen LogP contribution in [-0.2, 0) is 6.42 Å². The van der Waals surface area contributed by atoms with Crippen molar-refractivity contribution < 1.29 is 13.9 Å². The van der Waals surface area contributed by atoms with E-state index in [2.05, 4.69) is 17.2 Å². The van der Waals surface area contributed by atoms with Crippen LogP contribution in [0, 0.1) is 11.6 Å². The molecule has 2 atom stereocenters. The Balaban J connectivity index is 1.93. The van der Waals surface area contributed by atoms with Crippen LogP contribution in [0.3, 0.4) is 0 Å². The van der Waals surface area contributed by atoms with Crippen molar-refractivity contribution in [3.8, 4) is 0 Å². The number of thiazole rings is 1. The number of aliphatic hydroxyl groups is 1. The van der Waals surface area contributed by atoms with E-state index in [4.69, 9.17) is 0 Å². The maximum absolute atomic E-state index is 13.1. The topological polar surface area (TPSA) is 45.2 Å². The van der Waals surface area contributed by atoms with Crippen LogP contribution in [0.4, 0.5) is 8.78 Å². The summed E-state index contributed by atoms with van der Waals surface area (Å²) in [5.74, 6) is -1.87. The Morgan fingerprint density at radius 2 is 2.10 bits per heavy atom. The minimum atomic E-state index is -0.952. The Morgan fingerprint density at radius 3 is 2.71 bits per heavy atom. The summed E-state index contributed by atoms with van der Waals surface area (Å²) in [6.07, 6.45) is 1.90. The van der Waals surface area contributed by atoms with Crippen LogP contribution >= 0.6 is 11.3 Å². The normalized spacial score (nSPS) is 14.1. The number of nitrogens with zero attached hydrogens (tertiary/aromatic N) is 1. The molecule has 114 valence electrons. The van der Waals surface area contributed by atoms with Gasteiger partial charge in [0.15, 0.2) is 11.6 Å². The summed E-state index contributed by atoms with van der Waals surface area (Å²) in [4.78, 5) is 5.54. The summed E-state index contributed by atoms with van der Waals surface area (Å²) < 4.78 is 26.0. The van der Waals surface area contributed by atoms with Gasteiger partial charge in [0.2, 0.25) is 0 Å². The van der Waals surface area contributed by atoms with Crippen LogP contribution < -0.4 is 5.32 Å². The van der Waals surface area contributed by atoms with Gasteiger partial charge in [-0.2, -0.15) is 0 Å². The predicted octanol–water partition coefficient (Wildman–Crippen LogP) is 3.37. The summed E-state index contributed by atoms with van der Waals surface area (Å²) in [5.41, 5.74) is 0.349. The standard InChI is InChI=1S/C15H18F2N2OS/c1-3-11-7-19-15(21-11)9(2)18-8-14(20)10-4-5-12(16)13(17)6-10/h4-7,9,14,18,20H,3,8H2,1-2H3. The maximum atomic E-state index is 13.1. The first kappa shape index (κ1) is 16.0. The first-order valence-electron chi connectivity index (χ1n) is 6.82. The fraction of sp³-hybridized carbons (Fsp3) is 0.400. The van der Waals surface area contributed by atoms with Gasteiger partial charge in [0.25, 0.3) is 0 Å². The van der Waals surface area contributed by atoms with E-state index in [0.29, 0.717) is 5.56 Å². The number of hydrogen-bond donors (Lipinski definition) is 2. The molecule has 2 unspecified atom stereocenters. The Kier molecular flexibility index (Phi) is 5.39. The van der Waals surface area contributed by atoms with Crippen LogP contribution in [0.5, 0.6) is 0 Å². The fourth-order valence-electron chi connectivity index (χ4n) is 1.90. The lowest BCUT2D eigenvalue weighted by Crippen LogP contribution is -2.24. The van der Waals surface area contributed by atoms with Crippen molar-refractivity contribution in [1.29, 1.82) is 0 Å². The highest BCUT2D eigenvalue weighted by molar-refractivity contribution is 7.11. The predicted molar refractivity (Wildman–Crippen MR) is 79.2 cm³/mol. The SMILES string of the molecule is CCc1cnc(C(C)NCC(O)c2ccc(F)c(F)c2)s1. The summed E-state index contributed by atoms with van der Waals surface area (Å²) in [6.45, 7) is 4.27. The molecule has 21 heavy (non-hydrogen) atoms. The highest BCUT2D eigenvalue weighted by Gasteiger charge is 2.14. The van der Waals surface area contributed by atoms with Crippen molar-refractivity contribution in [3.63, 3.8) is 0 Å². The van der Waals surface area contributed by atoms with Crippen molar-refractivity contribution in [1.82, 2.24) is 10.3 Å². The van der Waals surface area contributed by atoms with Gasteiger partial charge in [-0.05, 0) is 31.0 Å². The van der Waals surface area contributed by atoms with Crippen molar-refractivity contribution in [2.45, 2.75) is 32.4 Å². The van der Waals surface area contributed by atoms with Crippen molar-refractivity contribution in [3.05, 3.63) is 51.5 Å². The third-order valence-electron chi connectivity index (χ3n) is 3.24. The molecule has 0 aliphatic rings. The number of hydrogen-bond acceptors (Lipinski definition) is 4. The number of aryl methyl sites for hydroxylation is 1. The van der Waals surface area contributed by atoms with E-state index in [1.165, 1.54) is 10.9 Å². The molecule has 1 aromatic heterocycles. The molecular formula is C15H18F2N2OS. The minimum absolute atomic E-state index is 0.00440. The smallest absolute Gasteiger partial charge is 0.159 e. The van der Waals surface area contributed by atoms with E-state index in [1.54, 1.807) is 11.3 Å². The number of aromatic nitrogens is 1. The largest absolute Gasteiger partial charge is 0.387 e. The molecule has 6 heteroatoms. The van der Waals surface area contributed by atoms with Gasteiger partial charge in [-0.15, -0.1) is 11.3 Å². The average molecular weight is 312 g/mol. The summed E-state index contributed by atoms with van der Waals surface area (Å²) in [5, 5.41) is 14.1. The van der Waals surface area contributed by atoms with Gasteiger partial charge in [0.1, 0.15) is 5.01 Å². The maximum Gasteiger partial charge on any atom is 0.159 e. The van der Waals surface area contributed by atoms with Gasteiger partial charge in [-0.25, -0.2) is 13.8 Å². The second-order valence-electron chi connectivity index (χ2n) is 4.84. The molecule has 0 spiro atoms. The van der Waals surface area contributed by atoms with Crippen LogP contribution in [0.2, 0.25) is 0 Å². The Hall–Kier alpha value is -1.37. The monoisotopic (exact) mass is 312 g/mol. The zero-order valence-corrected chi connectivity index (χ0v) is 12.8. The number of benzene rings is 1. The highest BCUT2D eigenvalue weighted by Crippen LogP contribution is 2.21. The van der Waals surface area contributed by atoms with E-state index in [-0.39, 0.29) is 12.6 Å². The highest BCUT2D eigenvalue weighted by atomic mass is 32.1. The summed E-state index contributed by atoms with van der Waals surface area (Å²) in [6, 6.07) is 3.42. The molecule has 0 fully saturated rings. The lowest BCUT2D eigenvalue weighted by molar-refractivity contribution is 0.170. The minimum Gasteiger partial charge on any atom is -0.387 e. The third-order valence-corrected chi connectivity index (χ3v) is 4.56. The number of rotatable bonds is 6. The molecule has 2 N–H and O–H groups in total. The zero-order valence-electron chi connectivity index (χ0n) is 11.9. The van der Waals surface area contributed by atoms with Crippen LogP contribution in [0.15, 0.2) is 24.4 Å². The van der Waals surface area contributed by atoms with Gasteiger partial charge >= 0.3 is 0 Å². The van der Waals surface area contributed by atoms with Gasteiger partial charge < -0.3 is 10.4 Å². The quantitative estimate of drug-likeness (QED) is 0.859. The van der Waals surface area contributed by atoms with Gasteiger partial charge in [-0.1, -0.05) is 13.0 Å². The first-order valence-corrected chi connectivity index (χ1v) is 7.64. The molecule has 0 amide bonds. The van der Waals surface area contributed by atoms with Crippen LogP contribution in [0.25, 0.3) is 0 Å². The average Bonchev–Trinajstić information content (AvgIpc) is 2.96. The zero-order chi connectivity index (χ0) is 15.4. The Labute approximate surface area is 126 Å². The lowest BCUT2D eigenvalue weighted by Gasteiger charge is -2.16. The first-order chi connectivity index (χ1) is 10.0. The molecule has 3 nitrogen and oxygen atoms in total. The van der Waals surface area contributed by atoms with E-state index in [0.717, 1.165) is 23.6 Å². The number of nitrogens with one attached hydrogen (secondary N) is 1. The summed E-state index contributed by atoms with van der Waals surface area (Å²) >= 11 is 1.63. The Morgan fingerprint density at radius 1 is 1.33 bits per heavy atom. The van der Waals surface area contributed by atoms with Gasteiger partial charge in [-0.3, -0.25) is 0 Å². The second kappa shape index (κ2) is 7.06. The molecule has 0 aliphatic carbocycles. The molecule has 1 heterocycles. The van der Waals surface area contributed by atoms with Crippen LogP contribution in [0.1, 0.15) is 41.4 Å². The molecule has 1 aromatic carbocycles. The van der Waals surface area contributed by atoms with E-state index in [1.807, 2.05) is 13.1 Å². The van der Waals surface area contributed by atoms with Crippen molar-refractivity contribution in [2.24, 2.45) is 0 Å². The number of aliphatic hydroxyl groups excluding tert-OH is 1. The second-order valence-corrected chi connectivity index (χ2v) is 5.98. The Bertz CT molecular complexity index is 603. The lowest BCUT2D eigenvalue weighted by atomic mass is 10.1. The third kappa shape index (κ3) is 4.06. The molecule has 0 saturated heterocycles. The van der Waals surface area contributed by atoms with E-state index >= 15 is 0 Å². The molecule has 2 rings (SSSR count).